The Balaban J connectivity index is 1.81. The molecular weight excluding hydrogens is 142 g/mol. The third kappa shape index (κ3) is 1.13. The number of aliphatic hydroxyl groups is 1. The van der Waals surface area contributed by atoms with Crippen LogP contribution in [0.5, 0.6) is 0 Å². The minimum absolute atomic E-state index is 0.144. The van der Waals surface area contributed by atoms with Crippen LogP contribution < -0.4 is 0 Å². The molecule has 1 N–H and O–H groups in total. The third-order valence-electron chi connectivity index (χ3n) is 2.63. The van der Waals surface area contributed by atoms with Crippen LogP contribution >= 0.6 is 0 Å². The molecule has 1 aliphatic heterocycles. The van der Waals surface area contributed by atoms with Crippen molar-refractivity contribution >= 4 is 5.91 Å². The second kappa shape index (κ2) is 2.48. The van der Waals surface area contributed by atoms with E-state index >= 15 is 0 Å². The molecule has 1 amide bonds. The Labute approximate surface area is 66.0 Å². The molecule has 3 heteroatoms. The summed E-state index contributed by atoms with van der Waals surface area (Å²) in [5.74, 6) is 0.409. The van der Waals surface area contributed by atoms with Crippen LogP contribution in [0.1, 0.15) is 19.3 Å². The molecule has 1 heterocycles. The minimum atomic E-state index is -0.203. The topological polar surface area (TPSA) is 40.5 Å². The Morgan fingerprint density at radius 2 is 2.00 bits per heavy atom. The van der Waals surface area contributed by atoms with E-state index in [1.165, 1.54) is 0 Å². The van der Waals surface area contributed by atoms with E-state index in [1.807, 2.05) is 4.90 Å². The highest BCUT2D eigenvalue weighted by atomic mass is 16.3. The summed E-state index contributed by atoms with van der Waals surface area (Å²) in [4.78, 5) is 13.3. The monoisotopic (exact) mass is 155 g/mol. The second-order valence-corrected chi connectivity index (χ2v) is 3.50. The van der Waals surface area contributed by atoms with Gasteiger partial charge in [-0.15, -0.1) is 0 Å². The lowest BCUT2D eigenvalue weighted by Crippen LogP contribution is -2.49. The molecule has 2 rings (SSSR count). The summed E-state index contributed by atoms with van der Waals surface area (Å²) in [5, 5.41) is 8.97. The van der Waals surface area contributed by atoms with Gasteiger partial charge in [-0.2, -0.15) is 0 Å². The van der Waals surface area contributed by atoms with E-state index in [4.69, 9.17) is 5.11 Å². The predicted molar refractivity (Wildman–Crippen MR) is 39.9 cm³/mol. The Hall–Kier alpha value is -0.570. The summed E-state index contributed by atoms with van der Waals surface area (Å²) in [6.07, 6.45) is 2.33. The van der Waals surface area contributed by atoms with Gasteiger partial charge in [0, 0.05) is 19.0 Å². The van der Waals surface area contributed by atoms with Gasteiger partial charge in [-0.25, -0.2) is 0 Å². The normalized spacial score (nSPS) is 35.9. The summed E-state index contributed by atoms with van der Waals surface area (Å²) in [6.45, 7) is 1.87. The van der Waals surface area contributed by atoms with Gasteiger partial charge < -0.3 is 10.0 Å². The molecule has 0 aromatic heterocycles. The van der Waals surface area contributed by atoms with Gasteiger partial charge in [0.2, 0.25) is 5.91 Å². The second-order valence-electron chi connectivity index (χ2n) is 3.50. The molecule has 3 nitrogen and oxygen atoms in total. The fourth-order valence-electron chi connectivity index (χ4n) is 1.58. The average Bonchev–Trinajstić information content (AvgIpc) is 1.76. The van der Waals surface area contributed by atoms with Gasteiger partial charge >= 0.3 is 0 Å². The first-order chi connectivity index (χ1) is 5.27. The van der Waals surface area contributed by atoms with Gasteiger partial charge in [0.05, 0.1) is 6.10 Å². The molecule has 2 fully saturated rings. The maximum Gasteiger partial charge on any atom is 0.225 e. The highest BCUT2D eigenvalue weighted by Crippen LogP contribution is 2.30. The zero-order valence-electron chi connectivity index (χ0n) is 6.49. The van der Waals surface area contributed by atoms with Gasteiger partial charge in [0.1, 0.15) is 0 Å². The van der Waals surface area contributed by atoms with Crippen molar-refractivity contribution in [3.63, 3.8) is 0 Å². The largest absolute Gasteiger partial charge is 0.393 e. The lowest BCUT2D eigenvalue weighted by Gasteiger charge is -2.38. The third-order valence-corrected chi connectivity index (χ3v) is 2.63. The van der Waals surface area contributed by atoms with E-state index < -0.39 is 0 Å². The maximum absolute atomic E-state index is 11.4. The fraction of sp³-hybridized carbons (Fsp3) is 0.875. The van der Waals surface area contributed by atoms with E-state index in [-0.39, 0.29) is 17.9 Å². The van der Waals surface area contributed by atoms with Crippen molar-refractivity contribution < 1.29 is 9.90 Å². The SMILES string of the molecule is O=C(C1CC(O)C1)N1CCC1. The van der Waals surface area contributed by atoms with Gasteiger partial charge in [-0.1, -0.05) is 0 Å². The number of carbonyl (C=O) groups excluding carboxylic acids is 1. The minimum Gasteiger partial charge on any atom is -0.393 e. The molecule has 0 spiro atoms. The summed E-state index contributed by atoms with van der Waals surface area (Å²) in [5.41, 5.74) is 0. The van der Waals surface area contributed by atoms with Crippen LogP contribution in [0.4, 0.5) is 0 Å². The average molecular weight is 155 g/mol. The van der Waals surface area contributed by atoms with Crippen molar-refractivity contribution in [2.24, 2.45) is 5.92 Å². The smallest absolute Gasteiger partial charge is 0.225 e. The van der Waals surface area contributed by atoms with Crippen LogP contribution in [0.2, 0.25) is 0 Å². The number of hydrogen-bond donors (Lipinski definition) is 1. The van der Waals surface area contributed by atoms with Crippen molar-refractivity contribution in [1.29, 1.82) is 0 Å². The van der Waals surface area contributed by atoms with Crippen molar-refractivity contribution in [3.05, 3.63) is 0 Å². The molecule has 11 heavy (non-hydrogen) atoms. The maximum atomic E-state index is 11.4. The lowest BCUT2D eigenvalue weighted by molar-refractivity contribution is -0.145. The highest BCUT2D eigenvalue weighted by molar-refractivity contribution is 5.80. The van der Waals surface area contributed by atoms with Gasteiger partial charge in [0.15, 0.2) is 0 Å². The van der Waals surface area contributed by atoms with Gasteiger partial charge in [-0.3, -0.25) is 4.79 Å². The first-order valence-corrected chi connectivity index (χ1v) is 4.24. The first-order valence-electron chi connectivity index (χ1n) is 4.24. The summed E-state index contributed by atoms with van der Waals surface area (Å²) in [7, 11) is 0. The van der Waals surface area contributed by atoms with E-state index in [2.05, 4.69) is 0 Å². The molecule has 0 radical (unpaired) electrons. The molecule has 0 aromatic carbocycles. The van der Waals surface area contributed by atoms with E-state index in [0.717, 1.165) is 19.5 Å². The van der Waals surface area contributed by atoms with Crippen molar-refractivity contribution in [2.45, 2.75) is 25.4 Å². The highest BCUT2D eigenvalue weighted by Gasteiger charge is 2.36. The van der Waals surface area contributed by atoms with Crippen LogP contribution in [0.25, 0.3) is 0 Å². The van der Waals surface area contributed by atoms with Crippen LogP contribution in [0.15, 0.2) is 0 Å². The molecule has 1 aliphatic carbocycles. The van der Waals surface area contributed by atoms with E-state index in [1.54, 1.807) is 0 Å². The number of aliphatic hydroxyl groups excluding tert-OH is 1. The van der Waals surface area contributed by atoms with Crippen LogP contribution in [-0.4, -0.2) is 35.1 Å². The van der Waals surface area contributed by atoms with Crippen LogP contribution in [0, 0.1) is 5.92 Å². The molecule has 0 unspecified atom stereocenters. The zero-order valence-corrected chi connectivity index (χ0v) is 6.49. The zero-order chi connectivity index (χ0) is 7.84. The first kappa shape index (κ1) is 7.10. The van der Waals surface area contributed by atoms with E-state index in [0.29, 0.717) is 12.8 Å². The van der Waals surface area contributed by atoms with Gasteiger partial charge in [0.25, 0.3) is 0 Å². The molecule has 2 aliphatic rings. The summed E-state index contributed by atoms with van der Waals surface area (Å²) in [6, 6.07) is 0. The van der Waals surface area contributed by atoms with Crippen molar-refractivity contribution in [3.8, 4) is 0 Å². The number of rotatable bonds is 1. The Bertz CT molecular complexity index is 171. The molecule has 0 atom stereocenters. The van der Waals surface area contributed by atoms with Crippen molar-refractivity contribution in [1.82, 2.24) is 4.90 Å². The van der Waals surface area contributed by atoms with E-state index in [9.17, 15) is 4.79 Å². The number of hydrogen-bond acceptors (Lipinski definition) is 2. The number of amides is 1. The standard InChI is InChI=1S/C8H13NO2/c10-7-4-6(5-7)8(11)9-2-1-3-9/h6-7,10H,1-5H2. The van der Waals surface area contributed by atoms with Crippen LogP contribution in [-0.2, 0) is 4.79 Å². The van der Waals surface area contributed by atoms with Crippen LogP contribution in [0.3, 0.4) is 0 Å². The fourth-order valence-corrected chi connectivity index (χ4v) is 1.58. The molecule has 62 valence electrons. The number of carbonyl (C=O) groups is 1. The summed E-state index contributed by atoms with van der Waals surface area (Å²) < 4.78 is 0. The lowest BCUT2D eigenvalue weighted by atomic mass is 9.81. The van der Waals surface area contributed by atoms with Crippen molar-refractivity contribution in [2.75, 3.05) is 13.1 Å². The molecular formula is C8H13NO2. The Morgan fingerprint density at radius 3 is 2.36 bits per heavy atom. The quantitative estimate of drug-likeness (QED) is 0.578. The summed E-state index contributed by atoms with van der Waals surface area (Å²) >= 11 is 0. The Morgan fingerprint density at radius 1 is 1.36 bits per heavy atom. The molecule has 1 saturated heterocycles. The number of likely N-dealkylation sites (tertiary alicyclic amines) is 1. The molecule has 0 aromatic rings. The van der Waals surface area contributed by atoms with Gasteiger partial charge in [-0.05, 0) is 19.3 Å². The predicted octanol–water partition coefficient (Wildman–Crippen LogP) is -0.0104. The molecule has 0 bridgehead atoms. The molecule has 1 saturated carbocycles. The Kier molecular flexibility index (Phi) is 1.60. The number of nitrogens with zero attached hydrogens (tertiary/aromatic N) is 1.